The third-order valence-corrected chi connectivity index (χ3v) is 6.42. The molecule has 2 heterocycles. The van der Waals surface area contributed by atoms with E-state index < -0.39 is 5.25 Å². The minimum Gasteiger partial charge on any atom is -0.351 e. The van der Waals surface area contributed by atoms with E-state index in [1.54, 1.807) is 24.3 Å². The van der Waals surface area contributed by atoms with E-state index in [1.165, 1.54) is 11.8 Å². The first kappa shape index (κ1) is 21.1. The van der Waals surface area contributed by atoms with Crippen molar-refractivity contribution in [3.8, 4) is 0 Å². The summed E-state index contributed by atoms with van der Waals surface area (Å²) in [6.45, 7) is 2.29. The largest absolute Gasteiger partial charge is 0.351 e. The standard InChI is InChI=1S/C23H24N4O3S/c28-20(14-19-22(30)26-23(31-19)27-12-4-5-13-27)25-18-10-8-17(9-11-18)21(29)24-15-16-6-2-1-3-7-16/h1-3,6-11,19H,4-5,12-15H2,(H,24,29)(H,25,28)/t19-/m1/s1. The SMILES string of the molecule is O=C(C[C@H]1SC(N2CCCC2)=NC1=O)Nc1ccc(C(=O)NCc2ccccc2)cc1. The lowest BCUT2D eigenvalue weighted by Crippen LogP contribution is -2.25. The van der Waals surface area contributed by atoms with Gasteiger partial charge in [0.25, 0.3) is 11.8 Å². The number of likely N-dealkylation sites (tertiary alicyclic amines) is 1. The van der Waals surface area contributed by atoms with Gasteiger partial charge in [-0.25, -0.2) is 0 Å². The molecule has 1 saturated heterocycles. The van der Waals surface area contributed by atoms with Gasteiger partial charge in [-0.3, -0.25) is 14.4 Å². The molecule has 31 heavy (non-hydrogen) atoms. The van der Waals surface area contributed by atoms with Crippen LogP contribution >= 0.6 is 11.8 Å². The first-order chi connectivity index (χ1) is 15.1. The summed E-state index contributed by atoms with van der Waals surface area (Å²) in [6, 6.07) is 16.4. The highest BCUT2D eigenvalue weighted by molar-refractivity contribution is 8.15. The normalized spacial score (nSPS) is 18.1. The van der Waals surface area contributed by atoms with Crippen LogP contribution in [0.2, 0.25) is 0 Å². The zero-order valence-electron chi connectivity index (χ0n) is 17.0. The Balaban J connectivity index is 1.25. The maximum Gasteiger partial charge on any atom is 0.262 e. The number of hydrogen-bond donors (Lipinski definition) is 2. The van der Waals surface area contributed by atoms with Crippen LogP contribution in [0.15, 0.2) is 59.6 Å². The molecule has 0 bridgehead atoms. The molecule has 0 spiro atoms. The van der Waals surface area contributed by atoms with Crippen LogP contribution in [0.25, 0.3) is 0 Å². The van der Waals surface area contributed by atoms with Gasteiger partial charge in [-0.1, -0.05) is 42.1 Å². The fraction of sp³-hybridized carbons (Fsp3) is 0.304. The molecule has 2 aliphatic heterocycles. The van der Waals surface area contributed by atoms with Crippen molar-refractivity contribution in [3.05, 3.63) is 65.7 Å². The maximum atomic E-state index is 12.4. The Hall–Kier alpha value is -3.13. The van der Waals surface area contributed by atoms with Crippen molar-refractivity contribution in [1.82, 2.24) is 10.2 Å². The van der Waals surface area contributed by atoms with E-state index in [1.807, 2.05) is 30.3 Å². The van der Waals surface area contributed by atoms with Gasteiger partial charge in [-0.15, -0.1) is 0 Å². The highest BCUT2D eigenvalue weighted by atomic mass is 32.2. The predicted molar refractivity (Wildman–Crippen MR) is 122 cm³/mol. The number of amides is 3. The number of anilines is 1. The number of benzene rings is 2. The number of hydrogen-bond acceptors (Lipinski definition) is 5. The summed E-state index contributed by atoms with van der Waals surface area (Å²) >= 11 is 1.38. The molecule has 7 nitrogen and oxygen atoms in total. The number of thioether (sulfide) groups is 1. The van der Waals surface area contributed by atoms with Gasteiger partial charge in [0.05, 0.1) is 0 Å². The van der Waals surface area contributed by atoms with E-state index in [0.717, 1.165) is 36.7 Å². The molecule has 2 aromatic carbocycles. The molecule has 0 aliphatic carbocycles. The molecule has 3 amide bonds. The molecule has 1 atom stereocenters. The zero-order chi connectivity index (χ0) is 21.6. The Morgan fingerprint density at radius 3 is 2.45 bits per heavy atom. The average molecular weight is 437 g/mol. The summed E-state index contributed by atoms with van der Waals surface area (Å²) in [4.78, 5) is 43.1. The van der Waals surface area contributed by atoms with E-state index in [9.17, 15) is 14.4 Å². The van der Waals surface area contributed by atoms with Crippen molar-refractivity contribution in [3.63, 3.8) is 0 Å². The van der Waals surface area contributed by atoms with Crippen molar-refractivity contribution in [1.29, 1.82) is 0 Å². The first-order valence-corrected chi connectivity index (χ1v) is 11.2. The highest BCUT2D eigenvalue weighted by Crippen LogP contribution is 2.29. The fourth-order valence-electron chi connectivity index (χ4n) is 3.52. The quantitative estimate of drug-likeness (QED) is 0.726. The van der Waals surface area contributed by atoms with E-state index in [0.29, 0.717) is 17.8 Å². The lowest BCUT2D eigenvalue weighted by Gasteiger charge is -2.16. The molecule has 2 aromatic rings. The summed E-state index contributed by atoms with van der Waals surface area (Å²) in [7, 11) is 0. The lowest BCUT2D eigenvalue weighted by molar-refractivity contribution is -0.121. The summed E-state index contributed by atoms with van der Waals surface area (Å²) in [5.41, 5.74) is 2.12. The first-order valence-electron chi connectivity index (χ1n) is 10.3. The minimum atomic E-state index is -0.473. The van der Waals surface area contributed by atoms with Crippen LogP contribution in [0.4, 0.5) is 5.69 Å². The van der Waals surface area contributed by atoms with Crippen LogP contribution in [0, 0.1) is 0 Å². The maximum absolute atomic E-state index is 12.4. The fourth-order valence-corrected chi connectivity index (χ4v) is 4.64. The highest BCUT2D eigenvalue weighted by Gasteiger charge is 2.33. The third-order valence-electron chi connectivity index (χ3n) is 5.20. The monoisotopic (exact) mass is 436 g/mol. The lowest BCUT2D eigenvalue weighted by atomic mass is 10.1. The zero-order valence-corrected chi connectivity index (χ0v) is 17.9. The average Bonchev–Trinajstić information content (AvgIpc) is 3.44. The molecular weight excluding hydrogens is 412 g/mol. The second-order valence-electron chi connectivity index (χ2n) is 7.53. The number of carbonyl (C=O) groups excluding carboxylic acids is 3. The Morgan fingerprint density at radius 1 is 1.03 bits per heavy atom. The number of amidine groups is 1. The van der Waals surface area contributed by atoms with Crippen LogP contribution < -0.4 is 10.6 Å². The Labute approximate surface area is 185 Å². The summed E-state index contributed by atoms with van der Waals surface area (Å²) in [5, 5.41) is 5.94. The summed E-state index contributed by atoms with van der Waals surface area (Å²) in [6.07, 6.45) is 2.29. The molecule has 160 valence electrons. The molecule has 8 heteroatoms. The van der Waals surface area contributed by atoms with E-state index in [4.69, 9.17) is 0 Å². The molecule has 0 saturated carbocycles. The molecule has 2 aliphatic rings. The van der Waals surface area contributed by atoms with Gasteiger partial charge in [-0.2, -0.15) is 4.99 Å². The number of nitrogens with one attached hydrogen (secondary N) is 2. The van der Waals surface area contributed by atoms with Crippen LogP contribution in [0.1, 0.15) is 35.2 Å². The van der Waals surface area contributed by atoms with Crippen molar-refractivity contribution >= 4 is 40.3 Å². The molecule has 2 N–H and O–H groups in total. The van der Waals surface area contributed by atoms with Crippen LogP contribution in [-0.2, 0) is 16.1 Å². The molecule has 1 fully saturated rings. The van der Waals surface area contributed by atoms with E-state index in [-0.39, 0.29) is 24.1 Å². The summed E-state index contributed by atoms with van der Waals surface area (Å²) < 4.78 is 0. The molecule has 0 aromatic heterocycles. The van der Waals surface area contributed by atoms with Gasteiger partial charge in [-0.05, 0) is 42.7 Å². The van der Waals surface area contributed by atoms with Gasteiger partial charge >= 0.3 is 0 Å². The Bertz CT molecular complexity index is 986. The number of carbonyl (C=O) groups is 3. The van der Waals surface area contributed by atoms with Gasteiger partial charge in [0.15, 0.2) is 5.17 Å². The van der Waals surface area contributed by atoms with Crippen LogP contribution in [0.5, 0.6) is 0 Å². The molecular formula is C23H24N4O3S. The Morgan fingerprint density at radius 2 is 1.74 bits per heavy atom. The van der Waals surface area contributed by atoms with Crippen molar-refractivity contribution < 1.29 is 14.4 Å². The second-order valence-corrected chi connectivity index (χ2v) is 8.70. The van der Waals surface area contributed by atoms with Gasteiger partial charge < -0.3 is 15.5 Å². The smallest absolute Gasteiger partial charge is 0.262 e. The van der Waals surface area contributed by atoms with Crippen molar-refractivity contribution in [2.24, 2.45) is 4.99 Å². The van der Waals surface area contributed by atoms with Gasteiger partial charge in [0.2, 0.25) is 5.91 Å². The third kappa shape index (κ3) is 5.52. The van der Waals surface area contributed by atoms with Crippen molar-refractivity contribution in [2.75, 3.05) is 18.4 Å². The number of aliphatic imine (C=N–C) groups is 1. The number of nitrogens with zero attached hydrogens (tertiary/aromatic N) is 2. The van der Waals surface area contributed by atoms with E-state index >= 15 is 0 Å². The topological polar surface area (TPSA) is 90.9 Å². The van der Waals surface area contributed by atoms with Gasteiger partial charge in [0, 0.05) is 37.3 Å². The van der Waals surface area contributed by atoms with Crippen LogP contribution in [0.3, 0.4) is 0 Å². The van der Waals surface area contributed by atoms with Crippen LogP contribution in [-0.4, -0.2) is 46.1 Å². The van der Waals surface area contributed by atoms with Crippen molar-refractivity contribution in [2.45, 2.75) is 31.1 Å². The number of rotatable bonds is 6. The second kappa shape index (κ2) is 9.78. The predicted octanol–water partition coefficient (Wildman–Crippen LogP) is 3.04. The molecule has 0 unspecified atom stereocenters. The van der Waals surface area contributed by atoms with Gasteiger partial charge in [0.1, 0.15) is 5.25 Å². The minimum absolute atomic E-state index is 0.0731. The summed E-state index contributed by atoms with van der Waals surface area (Å²) in [5.74, 6) is -0.668. The molecule has 4 rings (SSSR count). The van der Waals surface area contributed by atoms with E-state index in [2.05, 4.69) is 20.5 Å². The molecule has 0 radical (unpaired) electrons. The Kier molecular flexibility index (Phi) is 6.66.